The van der Waals surface area contributed by atoms with Crippen LogP contribution in [0.25, 0.3) is 10.8 Å². The third-order valence-electron chi connectivity index (χ3n) is 18.1. The fraction of sp³-hybridized carbons (Fsp3) is 0.432. The van der Waals surface area contributed by atoms with E-state index in [9.17, 15) is 47.9 Å². The number of hydrazine groups is 1. The number of nitrogens with two attached hydrogens (primary N) is 4. The number of likely N-dealkylation sites (tertiary alicyclic amines) is 1. The molecule has 1 unspecified atom stereocenters. The van der Waals surface area contributed by atoms with Crippen LogP contribution in [0.3, 0.4) is 0 Å². The number of aromatic nitrogens is 1. The highest BCUT2D eigenvalue weighted by Gasteiger charge is 2.41. The second-order valence-electron chi connectivity index (χ2n) is 27.2. The van der Waals surface area contributed by atoms with Crippen LogP contribution in [0.1, 0.15) is 101 Å². The van der Waals surface area contributed by atoms with E-state index in [0.29, 0.717) is 33.7 Å². The van der Waals surface area contributed by atoms with Crippen LogP contribution in [0.4, 0.5) is 0 Å². The molecule has 584 valence electrons. The summed E-state index contributed by atoms with van der Waals surface area (Å²) in [6.45, 7) is 4.24. The summed E-state index contributed by atoms with van der Waals surface area (Å²) in [5.41, 5.74) is 20.7. The molecule has 0 spiro atoms. The molecule has 3 heterocycles. The van der Waals surface area contributed by atoms with Crippen LogP contribution >= 0.6 is 11.6 Å². The number of primary amides is 1. The number of rotatable bonds is 30. The summed E-state index contributed by atoms with van der Waals surface area (Å²) in [5, 5.41) is 41.5. The lowest BCUT2D eigenvalue weighted by Crippen LogP contribution is -2.62. The lowest BCUT2D eigenvalue weighted by Gasteiger charge is -2.31. The molecule has 0 bridgehead atoms. The Labute approximate surface area is 634 Å². The minimum atomic E-state index is -2.05. The summed E-state index contributed by atoms with van der Waals surface area (Å²) in [6, 6.07) is 14.3. The third kappa shape index (κ3) is 27.0. The van der Waals surface area contributed by atoms with E-state index in [0.717, 1.165) is 10.8 Å². The van der Waals surface area contributed by atoms with Gasteiger partial charge in [-0.15, -0.1) is 0 Å². The highest BCUT2D eigenvalue weighted by atomic mass is 35.5. The number of halogens is 1. The first-order valence-corrected chi connectivity index (χ1v) is 36.2. The van der Waals surface area contributed by atoms with Gasteiger partial charge in [0.15, 0.2) is 5.96 Å². The molecule has 22 N–H and O–H groups in total. The molecule has 2 fully saturated rings. The Morgan fingerprint density at radius 1 is 0.633 bits per heavy atom. The van der Waals surface area contributed by atoms with E-state index in [2.05, 4.69) is 68.8 Å². The molecule has 2 aliphatic heterocycles. The van der Waals surface area contributed by atoms with E-state index in [4.69, 9.17) is 40.1 Å². The molecule has 5 aromatic rings. The normalized spacial score (nSPS) is 19.4. The fourth-order valence-corrected chi connectivity index (χ4v) is 12.7. The molecular formula is C74H97ClN20O14. The molecule has 1 aromatic heterocycles. The number of carbonyl (C=O) groups excluding carboxylic acids is 14. The molecule has 2 aliphatic rings. The van der Waals surface area contributed by atoms with Gasteiger partial charge >= 0.3 is 0 Å². The second-order valence-corrected chi connectivity index (χ2v) is 27.6. The smallest absolute Gasteiger partial charge is 0.245 e. The van der Waals surface area contributed by atoms with Crippen molar-refractivity contribution in [3.05, 3.63) is 149 Å². The van der Waals surface area contributed by atoms with E-state index in [-0.39, 0.29) is 96.3 Å². The summed E-state index contributed by atoms with van der Waals surface area (Å²) in [5.74, 6) is -8.17. The van der Waals surface area contributed by atoms with Gasteiger partial charge in [0, 0.05) is 76.2 Å². The van der Waals surface area contributed by atoms with Gasteiger partial charge in [0.05, 0.1) is 12.8 Å². The SMILES string of the molecule is CC(=O)N[C@H](Cc1ccc2ccccc2c1)C(=O)N[C@H](Cc1ccc(Cl)cc1)C(=O)N[C@H](Cc1cccnc1)C(=O)N[C@@H](CC(=O)NN)C(=O)N[C@H]1CC(=O)N[C@@H](Cc2ccccc2)C(=O)NCCC[C@@H](C(=O)N2CCC[C@H]2C(=O)NC(CN)C(N)=O)NC(=O)[C@H](CC(C)C)NC(=O)[C@@H](CCCNC(=N)N)NC1=O. The molecule has 0 aliphatic carbocycles. The quantitative estimate of drug-likeness (QED) is 0.00562. The monoisotopic (exact) mass is 1520 g/mol. The number of pyridine rings is 1. The Morgan fingerprint density at radius 2 is 1.25 bits per heavy atom. The molecule has 109 heavy (non-hydrogen) atoms. The van der Waals surface area contributed by atoms with Gasteiger partial charge in [-0.2, -0.15) is 0 Å². The Morgan fingerprint density at radius 3 is 1.88 bits per heavy atom. The van der Waals surface area contributed by atoms with E-state index >= 15 is 19.2 Å². The average Bonchev–Trinajstić information content (AvgIpc) is 1.56. The van der Waals surface area contributed by atoms with Crippen molar-refractivity contribution in [2.24, 2.45) is 29.0 Å². The molecule has 4 aromatic carbocycles. The minimum absolute atomic E-state index is 0.00360. The van der Waals surface area contributed by atoms with E-state index in [1.54, 1.807) is 86.6 Å². The Balaban J connectivity index is 1.22. The maximum Gasteiger partial charge on any atom is 0.245 e. The number of hydrogen-bond acceptors (Lipinski definition) is 18. The van der Waals surface area contributed by atoms with Gasteiger partial charge in [0.2, 0.25) is 82.7 Å². The van der Waals surface area contributed by atoms with Crippen molar-refractivity contribution in [2.45, 2.75) is 171 Å². The van der Waals surface area contributed by atoms with Gasteiger partial charge < -0.3 is 85.9 Å². The van der Waals surface area contributed by atoms with Gasteiger partial charge in [-0.05, 0) is 102 Å². The highest BCUT2D eigenvalue weighted by molar-refractivity contribution is 6.30. The van der Waals surface area contributed by atoms with Crippen LogP contribution < -0.4 is 92.3 Å². The largest absolute Gasteiger partial charge is 0.370 e. The number of nitrogens with zero attached hydrogens (tertiary/aromatic N) is 2. The van der Waals surface area contributed by atoms with Crippen molar-refractivity contribution in [1.29, 1.82) is 5.41 Å². The number of benzene rings is 4. The van der Waals surface area contributed by atoms with Gasteiger partial charge in [-0.3, -0.25) is 82.9 Å². The summed E-state index contributed by atoms with van der Waals surface area (Å²) in [4.78, 5) is 206. The molecule has 7 rings (SSSR count). The van der Waals surface area contributed by atoms with Gasteiger partial charge in [0.1, 0.15) is 66.5 Å². The minimum Gasteiger partial charge on any atom is -0.370 e. The molecule has 11 atom stereocenters. The van der Waals surface area contributed by atoms with Crippen molar-refractivity contribution < 1.29 is 67.1 Å². The van der Waals surface area contributed by atoms with Gasteiger partial charge in [-0.1, -0.05) is 116 Å². The first-order chi connectivity index (χ1) is 52.1. The lowest BCUT2D eigenvalue weighted by molar-refractivity contribution is -0.142. The molecule has 2 saturated heterocycles. The first-order valence-electron chi connectivity index (χ1n) is 35.9. The van der Waals surface area contributed by atoms with Crippen LogP contribution in [-0.4, -0.2) is 191 Å². The van der Waals surface area contributed by atoms with Crippen LogP contribution in [0.15, 0.2) is 122 Å². The van der Waals surface area contributed by atoms with Crippen LogP contribution in [0.2, 0.25) is 5.02 Å². The first kappa shape index (κ1) is 84.6. The van der Waals surface area contributed by atoms with Crippen LogP contribution in [-0.2, 0) is 92.8 Å². The second kappa shape index (κ2) is 42.0. The van der Waals surface area contributed by atoms with Crippen LogP contribution in [0.5, 0.6) is 0 Å². The topological polar surface area (TPSA) is 539 Å². The number of carbonyl (C=O) groups is 14. The van der Waals surface area contributed by atoms with E-state index < -0.39 is 168 Å². The maximum absolute atomic E-state index is 15.2. The van der Waals surface area contributed by atoms with Crippen molar-refractivity contribution in [2.75, 3.05) is 26.2 Å². The number of nitrogens with one attached hydrogen (secondary N) is 14. The highest BCUT2D eigenvalue weighted by Crippen LogP contribution is 2.22. The Hall–Kier alpha value is -11.6. The zero-order valence-electron chi connectivity index (χ0n) is 60.8. The van der Waals surface area contributed by atoms with Gasteiger partial charge in [0.25, 0.3) is 0 Å². The summed E-state index contributed by atoms with van der Waals surface area (Å²) >= 11 is 6.25. The number of hydrogen-bond donors (Lipinski definition) is 18. The predicted molar refractivity (Wildman–Crippen MR) is 401 cm³/mol. The third-order valence-corrected chi connectivity index (χ3v) is 18.4. The number of guanidine groups is 1. The summed E-state index contributed by atoms with van der Waals surface area (Å²) in [6.07, 6.45) is 0.198. The van der Waals surface area contributed by atoms with Crippen molar-refractivity contribution in [1.82, 2.24) is 79.1 Å². The lowest BCUT2D eigenvalue weighted by atomic mass is 9.99. The Kier molecular flexibility index (Phi) is 32.6. The standard InChI is InChI=1S/C74H97ClN20O14/c1-41(2)31-52-66(102)87-51(73(109)95-30-12-20-60(95)72(108)93-59(39-76)63(77)99)19-11-28-82-64(100)53(33-43-13-5-4-6-14-43)85-61(97)37-57(70(106)86-50(65(101)88-52)18-10-29-83-74(78)79)91-71(107)58(38-62(98)94-80)92-69(105)56(36-46-15-9-27-81-40-46)90-68(104)55(34-44-22-25-49(75)26-23-44)89-67(103)54(84-42(3)96)35-45-21-24-47-16-7-8-17-48(47)32-45/h4-9,13-17,21-27,32,40-41,50-60H,10-12,18-20,28-31,33-39,76,80H2,1-3H3,(H2,77,99)(H,82,100)(H,84,96)(H,85,97)(H,86,106)(H,87,102)(H,88,101)(H,89,103)(H,90,104)(H,91,107)(H,92,105)(H,93,108)(H,94,98)(H4,78,79,83)/t50-,51+,52+,53+,54-,55-,56-,57+,58+,59?,60+/m1/s1. The van der Waals surface area contributed by atoms with E-state index in [1.807, 2.05) is 41.8 Å². The van der Waals surface area contributed by atoms with Crippen molar-refractivity contribution in [3.63, 3.8) is 0 Å². The Bertz CT molecular complexity index is 4070. The predicted octanol–water partition coefficient (Wildman–Crippen LogP) is -2.55. The zero-order chi connectivity index (χ0) is 79.3. The van der Waals surface area contributed by atoms with E-state index in [1.165, 1.54) is 24.2 Å². The average molecular weight is 1530 g/mol. The number of fused-ring (bicyclic) bond motifs is 1. The van der Waals surface area contributed by atoms with Gasteiger partial charge in [-0.25, -0.2) is 5.84 Å². The maximum atomic E-state index is 15.2. The fourth-order valence-electron chi connectivity index (χ4n) is 12.6. The number of amides is 14. The zero-order valence-corrected chi connectivity index (χ0v) is 61.5. The molecule has 0 saturated carbocycles. The van der Waals surface area contributed by atoms with Crippen LogP contribution in [0, 0.1) is 11.3 Å². The molecule has 35 heteroatoms. The molecule has 0 radical (unpaired) electrons. The summed E-state index contributed by atoms with van der Waals surface area (Å²) < 4.78 is 0. The van der Waals surface area contributed by atoms with Crippen molar-refractivity contribution >= 4 is 111 Å². The molecule has 14 amide bonds. The summed E-state index contributed by atoms with van der Waals surface area (Å²) in [7, 11) is 0. The molecule has 34 nitrogen and oxygen atoms in total. The van der Waals surface area contributed by atoms with Crippen molar-refractivity contribution in [3.8, 4) is 0 Å². The molecular weight excluding hydrogens is 1430 g/mol.